The normalized spacial score (nSPS) is 22.3. The van der Waals surface area contributed by atoms with Gasteiger partial charge in [-0.1, -0.05) is 15.9 Å². The molecule has 1 atom stereocenters. The zero-order valence-electron chi connectivity index (χ0n) is 12.5. The topological polar surface area (TPSA) is 40.6 Å². The maximum absolute atomic E-state index is 12.7. The summed E-state index contributed by atoms with van der Waals surface area (Å²) in [6, 6.07) is 5.88. The summed E-state index contributed by atoms with van der Waals surface area (Å²) >= 11 is 5.31. The third-order valence-corrected chi connectivity index (χ3v) is 5.71. The molecule has 0 saturated carbocycles. The van der Waals surface area contributed by atoms with Gasteiger partial charge in [0.15, 0.2) is 0 Å². The molecule has 2 saturated heterocycles. The molecule has 0 aliphatic carbocycles. The summed E-state index contributed by atoms with van der Waals surface area (Å²) in [6.07, 6.45) is 0.622. The zero-order valence-corrected chi connectivity index (χ0v) is 15.0. The number of hydrogen-bond donors (Lipinski definition) is 0. The molecule has 0 unspecified atom stereocenters. The first-order valence-corrected chi connectivity index (χ1v) is 9.47. The summed E-state index contributed by atoms with van der Waals surface area (Å²) in [7, 11) is 0. The van der Waals surface area contributed by atoms with Gasteiger partial charge >= 0.3 is 0 Å². The number of halogens is 1. The maximum Gasteiger partial charge on any atom is 0.239 e. The molecule has 2 aliphatic heterocycles. The lowest BCUT2D eigenvalue weighted by Crippen LogP contribution is -2.44. The molecular weight excluding hydrogens is 364 g/mol. The molecule has 2 aliphatic rings. The Morgan fingerprint density at radius 3 is 2.68 bits per heavy atom. The number of carbonyl (C=O) groups excluding carboxylic acids is 2. The van der Waals surface area contributed by atoms with Crippen LogP contribution in [0, 0.1) is 12.8 Å². The van der Waals surface area contributed by atoms with Crippen molar-refractivity contribution in [1.29, 1.82) is 0 Å². The van der Waals surface area contributed by atoms with Gasteiger partial charge in [0.2, 0.25) is 11.8 Å². The summed E-state index contributed by atoms with van der Waals surface area (Å²) < 4.78 is 0.999. The lowest BCUT2D eigenvalue weighted by molar-refractivity contribution is -0.139. The summed E-state index contributed by atoms with van der Waals surface area (Å²) in [5.74, 6) is 1.42. The van der Waals surface area contributed by atoms with Crippen molar-refractivity contribution in [2.75, 3.05) is 36.0 Å². The third-order valence-electron chi connectivity index (χ3n) is 4.28. The molecule has 0 spiro atoms. The van der Waals surface area contributed by atoms with Crippen LogP contribution < -0.4 is 4.90 Å². The van der Waals surface area contributed by atoms with E-state index in [4.69, 9.17) is 0 Å². The van der Waals surface area contributed by atoms with Crippen LogP contribution >= 0.6 is 27.7 Å². The van der Waals surface area contributed by atoms with Gasteiger partial charge in [-0.15, -0.1) is 0 Å². The Morgan fingerprint density at radius 2 is 2.00 bits per heavy atom. The van der Waals surface area contributed by atoms with Gasteiger partial charge in [-0.25, -0.2) is 0 Å². The zero-order chi connectivity index (χ0) is 15.7. The molecule has 1 aromatic rings. The van der Waals surface area contributed by atoms with Crippen LogP contribution in [0.5, 0.6) is 0 Å². The smallest absolute Gasteiger partial charge is 0.239 e. The highest BCUT2D eigenvalue weighted by Crippen LogP contribution is 2.31. The van der Waals surface area contributed by atoms with Crippen LogP contribution in [-0.4, -0.2) is 47.9 Å². The fraction of sp³-hybridized carbons (Fsp3) is 0.500. The van der Waals surface area contributed by atoms with E-state index >= 15 is 0 Å². The van der Waals surface area contributed by atoms with E-state index in [2.05, 4.69) is 15.9 Å². The quantitative estimate of drug-likeness (QED) is 0.738. The SMILES string of the molecule is Cc1cc(Br)ccc1N1CC[C@@H](C(=O)N2CCSCC2)C1=O. The van der Waals surface area contributed by atoms with Crippen LogP contribution in [0.3, 0.4) is 0 Å². The van der Waals surface area contributed by atoms with Gasteiger partial charge in [-0.3, -0.25) is 9.59 Å². The maximum atomic E-state index is 12.7. The Hall–Kier alpha value is -1.01. The summed E-state index contributed by atoms with van der Waals surface area (Å²) in [4.78, 5) is 28.9. The van der Waals surface area contributed by atoms with Crippen molar-refractivity contribution >= 4 is 45.2 Å². The summed E-state index contributed by atoms with van der Waals surface area (Å²) in [6.45, 7) is 4.15. The average molecular weight is 383 g/mol. The third kappa shape index (κ3) is 3.04. The van der Waals surface area contributed by atoms with Gasteiger partial charge in [-0.2, -0.15) is 11.8 Å². The average Bonchev–Trinajstić information content (AvgIpc) is 2.89. The van der Waals surface area contributed by atoms with Gasteiger partial charge in [-0.05, 0) is 37.1 Å². The molecule has 118 valence electrons. The molecule has 2 heterocycles. The van der Waals surface area contributed by atoms with Crippen LogP contribution in [-0.2, 0) is 9.59 Å². The van der Waals surface area contributed by atoms with Gasteiger partial charge in [0.1, 0.15) is 5.92 Å². The Morgan fingerprint density at radius 1 is 1.27 bits per heavy atom. The van der Waals surface area contributed by atoms with Crippen molar-refractivity contribution in [3.8, 4) is 0 Å². The molecule has 0 bridgehead atoms. The first kappa shape index (κ1) is 15.9. The number of amides is 2. The molecule has 0 radical (unpaired) electrons. The minimum Gasteiger partial charge on any atom is -0.340 e. The molecule has 2 amide bonds. The second-order valence-corrected chi connectivity index (χ2v) is 7.84. The van der Waals surface area contributed by atoms with E-state index in [1.54, 1.807) is 4.90 Å². The van der Waals surface area contributed by atoms with Crippen molar-refractivity contribution in [2.24, 2.45) is 5.92 Å². The predicted molar refractivity (Wildman–Crippen MR) is 93.2 cm³/mol. The van der Waals surface area contributed by atoms with Crippen LogP contribution in [0.4, 0.5) is 5.69 Å². The first-order valence-electron chi connectivity index (χ1n) is 7.52. The van der Waals surface area contributed by atoms with Gasteiger partial charge in [0.05, 0.1) is 0 Å². The van der Waals surface area contributed by atoms with Crippen molar-refractivity contribution in [2.45, 2.75) is 13.3 Å². The minimum absolute atomic E-state index is 0.0163. The van der Waals surface area contributed by atoms with Crippen LogP contribution in [0.15, 0.2) is 22.7 Å². The van der Waals surface area contributed by atoms with Crippen molar-refractivity contribution < 1.29 is 9.59 Å². The number of thioether (sulfide) groups is 1. The second kappa shape index (κ2) is 6.62. The minimum atomic E-state index is -0.494. The number of anilines is 1. The first-order chi connectivity index (χ1) is 10.6. The standard InChI is InChI=1S/C16H19BrN2O2S/c1-11-10-12(17)2-3-14(11)19-5-4-13(16(19)21)15(20)18-6-8-22-9-7-18/h2-3,10,13H,4-9H2,1H3/t13-/m0/s1. The molecule has 4 nitrogen and oxygen atoms in total. The number of benzene rings is 1. The van der Waals surface area contributed by atoms with E-state index in [0.29, 0.717) is 13.0 Å². The number of carbonyl (C=O) groups is 2. The molecule has 0 N–H and O–H groups in total. The number of hydrogen-bond acceptors (Lipinski definition) is 3. The molecule has 22 heavy (non-hydrogen) atoms. The van der Waals surface area contributed by atoms with Crippen molar-refractivity contribution in [3.05, 3.63) is 28.2 Å². The predicted octanol–water partition coefficient (Wildman–Crippen LogP) is 2.69. The Bertz CT molecular complexity index is 602. The van der Waals surface area contributed by atoms with Crippen LogP contribution in [0.25, 0.3) is 0 Å². The highest BCUT2D eigenvalue weighted by molar-refractivity contribution is 9.10. The molecular formula is C16H19BrN2O2S. The highest BCUT2D eigenvalue weighted by Gasteiger charge is 2.40. The van der Waals surface area contributed by atoms with Crippen LogP contribution in [0.1, 0.15) is 12.0 Å². The van der Waals surface area contributed by atoms with Gasteiger partial charge in [0.25, 0.3) is 0 Å². The second-order valence-electron chi connectivity index (χ2n) is 5.70. The van der Waals surface area contributed by atoms with Crippen molar-refractivity contribution in [3.63, 3.8) is 0 Å². The van der Waals surface area contributed by atoms with E-state index < -0.39 is 5.92 Å². The van der Waals surface area contributed by atoms with E-state index in [9.17, 15) is 9.59 Å². The number of rotatable bonds is 2. The molecule has 6 heteroatoms. The molecule has 3 rings (SSSR count). The van der Waals surface area contributed by atoms with E-state index in [1.165, 1.54) is 0 Å². The Kier molecular flexibility index (Phi) is 4.78. The fourth-order valence-electron chi connectivity index (χ4n) is 3.07. The van der Waals surface area contributed by atoms with Gasteiger partial charge in [0, 0.05) is 41.3 Å². The summed E-state index contributed by atoms with van der Waals surface area (Å²) in [5.41, 5.74) is 1.96. The van der Waals surface area contributed by atoms with E-state index in [0.717, 1.165) is 40.3 Å². The molecule has 2 fully saturated rings. The van der Waals surface area contributed by atoms with E-state index in [1.807, 2.05) is 41.8 Å². The largest absolute Gasteiger partial charge is 0.340 e. The molecule has 0 aromatic heterocycles. The van der Waals surface area contributed by atoms with Crippen molar-refractivity contribution in [1.82, 2.24) is 4.90 Å². The number of aryl methyl sites for hydroxylation is 1. The monoisotopic (exact) mass is 382 g/mol. The number of nitrogens with zero attached hydrogens (tertiary/aromatic N) is 2. The Labute approximate surface area is 143 Å². The lowest BCUT2D eigenvalue weighted by atomic mass is 10.1. The highest BCUT2D eigenvalue weighted by atomic mass is 79.9. The molecule has 1 aromatic carbocycles. The van der Waals surface area contributed by atoms with Crippen LogP contribution in [0.2, 0.25) is 0 Å². The summed E-state index contributed by atoms with van der Waals surface area (Å²) in [5, 5.41) is 0. The fourth-order valence-corrected chi connectivity index (χ4v) is 4.45. The Balaban J connectivity index is 1.75. The van der Waals surface area contributed by atoms with E-state index in [-0.39, 0.29) is 11.8 Å². The lowest BCUT2D eigenvalue weighted by Gasteiger charge is -2.28. The van der Waals surface area contributed by atoms with Gasteiger partial charge < -0.3 is 9.80 Å².